The molecule has 0 aliphatic carbocycles. The normalized spacial score (nSPS) is 11.6. The maximum absolute atomic E-state index is 2.16. The smallest absolute Gasteiger partial charge is 0.0198 e. The summed E-state index contributed by atoms with van der Waals surface area (Å²) in [6, 6.07) is 6.38. The Morgan fingerprint density at radius 1 is 1.00 bits per heavy atom. The van der Waals surface area contributed by atoms with E-state index in [-0.39, 0.29) is 0 Å². The molecular formula is C13H16. The van der Waals surface area contributed by atoms with Crippen molar-refractivity contribution in [2.24, 2.45) is 0 Å². The van der Waals surface area contributed by atoms with Gasteiger partial charge in [0.25, 0.3) is 0 Å². The Morgan fingerprint density at radius 2 is 1.62 bits per heavy atom. The summed E-state index contributed by atoms with van der Waals surface area (Å²) in [5.74, 6) is 0. The molecule has 0 atom stereocenters. The Hall–Kier alpha value is -1.30. The predicted molar refractivity (Wildman–Crippen MR) is 59.8 cm³/mol. The zero-order chi connectivity index (χ0) is 9.68. The van der Waals surface area contributed by atoms with Gasteiger partial charge >= 0.3 is 0 Å². The highest BCUT2D eigenvalue weighted by Crippen LogP contribution is 2.14. The highest BCUT2D eigenvalue weighted by atomic mass is 14.0. The van der Waals surface area contributed by atoms with Crippen molar-refractivity contribution in [1.29, 1.82) is 0 Å². The van der Waals surface area contributed by atoms with Gasteiger partial charge in [0.1, 0.15) is 0 Å². The maximum Gasteiger partial charge on any atom is -0.0198 e. The van der Waals surface area contributed by atoms with Crippen LogP contribution in [0.25, 0.3) is 6.08 Å². The van der Waals surface area contributed by atoms with Crippen molar-refractivity contribution in [3.05, 3.63) is 53.1 Å². The van der Waals surface area contributed by atoms with Gasteiger partial charge in [0, 0.05) is 0 Å². The van der Waals surface area contributed by atoms with Crippen molar-refractivity contribution in [2.45, 2.75) is 20.8 Å². The van der Waals surface area contributed by atoms with Crippen LogP contribution in [0.1, 0.15) is 23.6 Å². The van der Waals surface area contributed by atoms with Crippen LogP contribution in [-0.2, 0) is 0 Å². The van der Waals surface area contributed by atoms with Crippen molar-refractivity contribution >= 4 is 6.08 Å². The molecule has 0 unspecified atom stereocenters. The summed E-state index contributed by atoms with van der Waals surface area (Å²) in [6.45, 7) is 6.31. The van der Waals surface area contributed by atoms with Gasteiger partial charge in [0.15, 0.2) is 0 Å². The zero-order valence-corrected chi connectivity index (χ0v) is 8.54. The maximum atomic E-state index is 2.16. The average Bonchev–Trinajstić information content (AvgIpc) is 2.10. The third-order valence-corrected chi connectivity index (χ3v) is 2.11. The van der Waals surface area contributed by atoms with Gasteiger partial charge in [-0.1, -0.05) is 42.5 Å². The van der Waals surface area contributed by atoms with E-state index in [4.69, 9.17) is 0 Å². The molecule has 1 rings (SSSR count). The van der Waals surface area contributed by atoms with Crippen molar-refractivity contribution in [3.63, 3.8) is 0 Å². The average molecular weight is 172 g/mol. The zero-order valence-electron chi connectivity index (χ0n) is 8.54. The summed E-state index contributed by atoms with van der Waals surface area (Å²) in [5.41, 5.74) is 4.00. The fourth-order valence-corrected chi connectivity index (χ4v) is 1.35. The molecular weight excluding hydrogens is 156 g/mol. The lowest BCUT2D eigenvalue weighted by atomic mass is 10.0. The molecule has 0 radical (unpaired) electrons. The summed E-state index contributed by atoms with van der Waals surface area (Å²) >= 11 is 0. The molecule has 1 aromatic carbocycles. The second-order valence-electron chi connectivity index (χ2n) is 3.19. The van der Waals surface area contributed by atoms with E-state index < -0.39 is 0 Å². The molecule has 0 saturated carbocycles. The Morgan fingerprint density at radius 3 is 2.15 bits per heavy atom. The first-order valence-corrected chi connectivity index (χ1v) is 4.61. The van der Waals surface area contributed by atoms with Crippen LogP contribution in [0.4, 0.5) is 0 Å². The van der Waals surface area contributed by atoms with Crippen LogP contribution in [0, 0.1) is 13.8 Å². The van der Waals surface area contributed by atoms with Crippen LogP contribution in [0.3, 0.4) is 0 Å². The summed E-state index contributed by atoms with van der Waals surface area (Å²) in [7, 11) is 0. The standard InChI is InChI=1S/C13H16/c1-4-5-6-10-13-11(2)8-7-9-12(13)3/h4-10H,1-3H3. The van der Waals surface area contributed by atoms with Crippen molar-refractivity contribution in [1.82, 2.24) is 0 Å². The minimum Gasteiger partial charge on any atom is -0.0877 e. The van der Waals surface area contributed by atoms with E-state index in [1.54, 1.807) is 0 Å². The van der Waals surface area contributed by atoms with Gasteiger partial charge in [-0.25, -0.2) is 0 Å². The number of benzene rings is 1. The molecule has 0 heteroatoms. The lowest BCUT2D eigenvalue weighted by Crippen LogP contribution is -1.84. The van der Waals surface area contributed by atoms with E-state index in [0.717, 1.165) is 0 Å². The third kappa shape index (κ3) is 2.59. The van der Waals surface area contributed by atoms with Gasteiger partial charge in [-0.05, 0) is 37.5 Å². The molecule has 0 heterocycles. The summed E-state index contributed by atoms with van der Waals surface area (Å²) < 4.78 is 0. The van der Waals surface area contributed by atoms with Gasteiger partial charge in [0.2, 0.25) is 0 Å². The minimum absolute atomic E-state index is 1.33. The first-order valence-electron chi connectivity index (χ1n) is 4.61. The summed E-state index contributed by atoms with van der Waals surface area (Å²) in [6.07, 6.45) is 8.32. The molecule has 13 heavy (non-hydrogen) atoms. The topological polar surface area (TPSA) is 0 Å². The number of aryl methyl sites for hydroxylation is 2. The Labute approximate surface area is 80.6 Å². The molecule has 0 spiro atoms. The van der Waals surface area contributed by atoms with E-state index in [1.807, 2.05) is 19.1 Å². The monoisotopic (exact) mass is 172 g/mol. The fraction of sp³-hybridized carbons (Fsp3) is 0.231. The first-order chi connectivity index (χ1) is 6.25. The molecule has 0 nitrogen and oxygen atoms in total. The molecule has 0 amide bonds. The second kappa shape index (κ2) is 4.66. The number of hydrogen-bond donors (Lipinski definition) is 0. The molecule has 68 valence electrons. The van der Waals surface area contributed by atoms with Crippen LogP contribution in [0.5, 0.6) is 0 Å². The first kappa shape index (κ1) is 9.79. The van der Waals surface area contributed by atoms with Crippen LogP contribution in [0.15, 0.2) is 36.4 Å². The van der Waals surface area contributed by atoms with Crippen LogP contribution in [0.2, 0.25) is 0 Å². The number of hydrogen-bond acceptors (Lipinski definition) is 0. The fourth-order valence-electron chi connectivity index (χ4n) is 1.35. The van der Waals surface area contributed by atoms with Crippen LogP contribution >= 0.6 is 0 Å². The van der Waals surface area contributed by atoms with E-state index in [0.29, 0.717) is 0 Å². The third-order valence-electron chi connectivity index (χ3n) is 2.11. The largest absolute Gasteiger partial charge is 0.0877 e. The molecule has 1 aromatic rings. The second-order valence-corrected chi connectivity index (χ2v) is 3.19. The molecule has 0 saturated heterocycles. The predicted octanol–water partition coefficient (Wildman–Crippen LogP) is 3.89. The quantitative estimate of drug-likeness (QED) is 0.594. The number of allylic oxidation sites excluding steroid dienone is 3. The lowest BCUT2D eigenvalue weighted by molar-refractivity contribution is 1.36. The van der Waals surface area contributed by atoms with Crippen molar-refractivity contribution < 1.29 is 0 Å². The summed E-state index contributed by atoms with van der Waals surface area (Å²) in [4.78, 5) is 0. The van der Waals surface area contributed by atoms with E-state index in [2.05, 4.69) is 44.2 Å². The minimum atomic E-state index is 1.33. The number of rotatable bonds is 2. The SMILES string of the molecule is CC=CC=Cc1c(C)cccc1C. The van der Waals surface area contributed by atoms with Crippen molar-refractivity contribution in [3.8, 4) is 0 Å². The Balaban J connectivity index is 2.99. The van der Waals surface area contributed by atoms with E-state index >= 15 is 0 Å². The van der Waals surface area contributed by atoms with Gasteiger partial charge in [-0.15, -0.1) is 0 Å². The van der Waals surface area contributed by atoms with Gasteiger partial charge in [0.05, 0.1) is 0 Å². The van der Waals surface area contributed by atoms with Crippen molar-refractivity contribution in [2.75, 3.05) is 0 Å². The molecule has 0 bridgehead atoms. The highest BCUT2D eigenvalue weighted by Gasteiger charge is 1.95. The lowest BCUT2D eigenvalue weighted by Gasteiger charge is -2.03. The molecule has 0 N–H and O–H groups in total. The molecule has 0 aliphatic heterocycles. The van der Waals surface area contributed by atoms with Gasteiger partial charge in [-0.3, -0.25) is 0 Å². The summed E-state index contributed by atoms with van der Waals surface area (Å²) in [5, 5.41) is 0. The van der Waals surface area contributed by atoms with Gasteiger partial charge in [-0.2, -0.15) is 0 Å². The van der Waals surface area contributed by atoms with Crippen LogP contribution < -0.4 is 0 Å². The van der Waals surface area contributed by atoms with Gasteiger partial charge < -0.3 is 0 Å². The highest BCUT2D eigenvalue weighted by molar-refractivity contribution is 5.58. The molecule has 0 aliphatic rings. The van der Waals surface area contributed by atoms with Crippen LogP contribution in [-0.4, -0.2) is 0 Å². The Bertz CT molecular complexity index is 310. The molecule has 0 aromatic heterocycles. The van der Waals surface area contributed by atoms with E-state index in [1.165, 1.54) is 16.7 Å². The molecule has 0 fully saturated rings. The Kier molecular flexibility index (Phi) is 3.51. The van der Waals surface area contributed by atoms with E-state index in [9.17, 15) is 0 Å².